The highest BCUT2D eigenvalue weighted by atomic mass is 19.4. The molecular formula is C31H39F6N7. The normalized spacial score (nSPS) is 18.8. The molecule has 1 aromatic heterocycles. The summed E-state index contributed by atoms with van der Waals surface area (Å²) in [6.07, 6.45) is -5.91. The van der Waals surface area contributed by atoms with Crippen LogP contribution in [-0.2, 0) is 25.9 Å². The fourth-order valence-electron chi connectivity index (χ4n) is 6.94. The molecule has 7 nitrogen and oxygen atoms in total. The van der Waals surface area contributed by atoms with Gasteiger partial charge in [0.15, 0.2) is 0 Å². The number of aromatic nitrogens is 4. The van der Waals surface area contributed by atoms with Crippen molar-refractivity contribution >= 4 is 11.6 Å². The van der Waals surface area contributed by atoms with Gasteiger partial charge in [-0.05, 0) is 112 Å². The average Bonchev–Trinajstić information content (AvgIpc) is 3.26. The van der Waals surface area contributed by atoms with Crippen LogP contribution in [0.1, 0.15) is 70.7 Å². The fourth-order valence-corrected chi connectivity index (χ4v) is 6.94. The van der Waals surface area contributed by atoms with E-state index in [0.29, 0.717) is 54.2 Å². The Hall–Kier alpha value is -3.35. The summed E-state index contributed by atoms with van der Waals surface area (Å²) in [6.45, 7) is 7.74. The molecule has 0 unspecified atom stereocenters. The van der Waals surface area contributed by atoms with E-state index in [-0.39, 0.29) is 23.6 Å². The van der Waals surface area contributed by atoms with Gasteiger partial charge in [-0.2, -0.15) is 31.1 Å². The van der Waals surface area contributed by atoms with Crippen molar-refractivity contribution in [1.82, 2.24) is 25.1 Å². The molecule has 44 heavy (non-hydrogen) atoms. The zero-order valence-corrected chi connectivity index (χ0v) is 25.7. The van der Waals surface area contributed by atoms with Crippen LogP contribution in [0.15, 0.2) is 24.3 Å². The van der Waals surface area contributed by atoms with Gasteiger partial charge in [-0.3, -0.25) is 0 Å². The van der Waals surface area contributed by atoms with Crippen LogP contribution in [0.3, 0.4) is 0 Å². The van der Waals surface area contributed by atoms with E-state index in [0.717, 1.165) is 38.1 Å². The highest BCUT2D eigenvalue weighted by molar-refractivity contribution is 5.67. The molecule has 13 heteroatoms. The van der Waals surface area contributed by atoms with Gasteiger partial charge in [0.2, 0.25) is 0 Å². The van der Waals surface area contributed by atoms with Gasteiger partial charge in [-0.25, -0.2) is 0 Å². The average molecular weight is 624 g/mol. The number of rotatable bonds is 6. The Kier molecular flexibility index (Phi) is 8.90. The van der Waals surface area contributed by atoms with Crippen molar-refractivity contribution in [2.24, 2.45) is 13.0 Å². The first-order valence-corrected chi connectivity index (χ1v) is 14.9. The highest BCUT2D eigenvalue weighted by Gasteiger charge is 2.40. The zero-order valence-electron chi connectivity index (χ0n) is 25.7. The predicted octanol–water partition coefficient (Wildman–Crippen LogP) is 6.86. The second kappa shape index (κ2) is 12.2. The smallest absolute Gasteiger partial charge is 0.371 e. The number of halogens is 6. The van der Waals surface area contributed by atoms with Crippen LogP contribution < -0.4 is 9.80 Å². The van der Waals surface area contributed by atoms with E-state index >= 15 is 0 Å². The van der Waals surface area contributed by atoms with Crippen LogP contribution in [0.5, 0.6) is 0 Å². The number of fused-ring (bicyclic) bond motifs is 1. The Morgan fingerprint density at radius 2 is 1.59 bits per heavy atom. The molecule has 1 fully saturated rings. The summed E-state index contributed by atoms with van der Waals surface area (Å²) < 4.78 is 84.5. The van der Waals surface area contributed by atoms with E-state index < -0.39 is 29.5 Å². The highest BCUT2D eigenvalue weighted by Crippen LogP contribution is 2.46. The van der Waals surface area contributed by atoms with Gasteiger partial charge in [0.25, 0.3) is 5.95 Å². The number of anilines is 2. The number of tetrazole rings is 1. The lowest BCUT2D eigenvalue weighted by Crippen LogP contribution is -2.38. The summed E-state index contributed by atoms with van der Waals surface area (Å²) in [5.74, 6) is 0.550. The first kappa shape index (κ1) is 32.1. The number of likely N-dealkylation sites (tertiary alicyclic amines) is 1. The van der Waals surface area contributed by atoms with Crippen LogP contribution in [-0.4, -0.2) is 58.3 Å². The number of nitrogens with zero attached hydrogens (tertiary/aromatic N) is 7. The SMILES string of the molecule is Cc1cc(CN(c2nnn(C)n2)[C@H]2CCCN(CC3CCN(C)CC3)c3c2cc(C)c(C(F)(F)F)c3C)cc(C(F)(F)F)c1. The van der Waals surface area contributed by atoms with Gasteiger partial charge < -0.3 is 14.7 Å². The molecule has 1 atom stereocenters. The maximum absolute atomic E-state index is 14.4. The van der Waals surface area contributed by atoms with E-state index in [1.807, 2.05) is 0 Å². The molecule has 3 heterocycles. The van der Waals surface area contributed by atoms with Crippen molar-refractivity contribution in [3.8, 4) is 0 Å². The van der Waals surface area contributed by atoms with Crippen LogP contribution >= 0.6 is 0 Å². The van der Waals surface area contributed by atoms with Gasteiger partial charge in [-0.1, -0.05) is 22.8 Å². The van der Waals surface area contributed by atoms with Crippen molar-refractivity contribution in [2.75, 3.05) is 43.0 Å². The van der Waals surface area contributed by atoms with E-state index in [1.165, 1.54) is 11.7 Å². The quantitative estimate of drug-likeness (QED) is 0.280. The summed E-state index contributed by atoms with van der Waals surface area (Å²) in [5, 5.41) is 12.6. The molecule has 0 N–H and O–H groups in total. The van der Waals surface area contributed by atoms with E-state index in [9.17, 15) is 26.3 Å². The Morgan fingerprint density at radius 1 is 0.886 bits per heavy atom. The number of hydrogen-bond acceptors (Lipinski definition) is 6. The summed E-state index contributed by atoms with van der Waals surface area (Å²) in [5.41, 5.74) is 1.01. The van der Waals surface area contributed by atoms with Gasteiger partial charge in [-0.15, -0.1) is 5.10 Å². The van der Waals surface area contributed by atoms with E-state index in [4.69, 9.17) is 0 Å². The summed E-state index contributed by atoms with van der Waals surface area (Å²) in [6, 6.07) is 5.02. The molecule has 2 aliphatic rings. The minimum Gasteiger partial charge on any atom is -0.371 e. The molecule has 0 radical (unpaired) electrons. The van der Waals surface area contributed by atoms with Gasteiger partial charge in [0.05, 0.1) is 24.2 Å². The lowest BCUT2D eigenvalue weighted by molar-refractivity contribution is -0.139. The van der Waals surface area contributed by atoms with Crippen molar-refractivity contribution < 1.29 is 26.3 Å². The van der Waals surface area contributed by atoms with E-state index in [2.05, 4.69) is 32.3 Å². The Bertz CT molecular complexity index is 1470. The molecule has 0 bridgehead atoms. The zero-order chi connectivity index (χ0) is 32.0. The molecular weight excluding hydrogens is 584 g/mol. The molecule has 0 spiro atoms. The third kappa shape index (κ3) is 6.82. The van der Waals surface area contributed by atoms with Crippen molar-refractivity contribution in [1.29, 1.82) is 0 Å². The number of aryl methyl sites for hydroxylation is 3. The topological polar surface area (TPSA) is 53.3 Å². The lowest BCUT2D eigenvalue weighted by atomic mass is 9.90. The van der Waals surface area contributed by atoms with Crippen molar-refractivity contribution in [3.05, 3.63) is 63.2 Å². The van der Waals surface area contributed by atoms with Gasteiger partial charge in [0.1, 0.15) is 0 Å². The van der Waals surface area contributed by atoms with Crippen molar-refractivity contribution in [2.45, 2.75) is 71.4 Å². The molecule has 2 aliphatic heterocycles. The molecule has 5 rings (SSSR count). The van der Waals surface area contributed by atoms with Crippen LogP contribution in [0, 0.1) is 26.7 Å². The van der Waals surface area contributed by atoms with E-state index in [1.54, 1.807) is 37.9 Å². The second-order valence-corrected chi connectivity index (χ2v) is 12.4. The minimum absolute atomic E-state index is 0.0225. The second-order valence-electron chi connectivity index (χ2n) is 12.4. The molecule has 0 saturated carbocycles. The number of alkyl halides is 6. The van der Waals surface area contributed by atoms with Crippen LogP contribution in [0.25, 0.3) is 0 Å². The maximum atomic E-state index is 14.4. The Morgan fingerprint density at radius 3 is 2.20 bits per heavy atom. The van der Waals surface area contributed by atoms with Gasteiger partial charge >= 0.3 is 12.4 Å². The first-order chi connectivity index (χ1) is 20.6. The number of benzene rings is 2. The standard InChI is InChI=1S/C31H39F6N7/c1-19-13-23(16-24(14-19)30(32,33)34)18-44(29-38-40-42(5)39-29)26-7-6-10-43(17-22-8-11-41(4)12-9-22)28-21(3)27(31(35,36)37)20(2)15-25(26)28/h13-16,22,26H,6-12,17-18H2,1-5H3/t26-/m0/s1. The summed E-state index contributed by atoms with van der Waals surface area (Å²) in [4.78, 5) is 7.45. The Balaban J connectivity index is 1.64. The van der Waals surface area contributed by atoms with Gasteiger partial charge in [0, 0.05) is 25.3 Å². The molecule has 0 aliphatic carbocycles. The first-order valence-electron chi connectivity index (χ1n) is 14.9. The molecule has 2 aromatic carbocycles. The third-order valence-corrected chi connectivity index (χ3v) is 8.90. The molecule has 240 valence electrons. The minimum atomic E-state index is -4.54. The lowest BCUT2D eigenvalue weighted by Gasteiger charge is -2.37. The van der Waals surface area contributed by atoms with Crippen molar-refractivity contribution in [3.63, 3.8) is 0 Å². The Labute approximate surface area is 253 Å². The largest absolute Gasteiger partial charge is 0.416 e. The fraction of sp³-hybridized carbons (Fsp3) is 0.581. The summed E-state index contributed by atoms with van der Waals surface area (Å²) >= 11 is 0. The van der Waals surface area contributed by atoms with Crippen LogP contribution in [0.4, 0.5) is 38.0 Å². The molecule has 1 saturated heterocycles. The monoisotopic (exact) mass is 623 g/mol. The predicted molar refractivity (Wildman–Crippen MR) is 156 cm³/mol. The number of hydrogen-bond donors (Lipinski definition) is 0. The third-order valence-electron chi connectivity index (χ3n) is 8.90. The van der Waals surface area contributed by atoms with Crippen LogP contribution in [0.2, 0.25) is 0 Å². The molecule has 0 amide bonds. The summed E-state index contributed by atoms with van der Waals surface area (Å²) in [7, 11) is 3.67. The molecule has 3 aromatic rings. The number of piperidine rings is 1. The maximum Gasteiger partial charge on any atom is 0.416 e.